The molecule has 0 radical (unpaired) electrons. The summed E-state index contributed by atoms with van der Waals surface area (Å²) in [7, 11) is 0. The second-order valence-electron chi connectivity index (χ2n) is 8.30. The number of carbonyl (C=O) groups is 1. The second-order valence-corrected chi connectivity index (χ2v) is 8.30. The second kappa shape index (κ2) is 8.85. The van der Waals surface area contributed by atoms with Gasteiger partial charge in [-0.15, -0.1) is 0 Å². The highest BCUT2D eigenvalue weighted by Crippen LogP contribution is 2.25. The molecule has 1 amide bonds. The first-order valence-corrected chi connectivity index (χ1v) is 11.0. The zero-order valence-corrected chi connectivity index (χ0v) is 17.7. The Morgan fingerprint density at radius 3 is 2.48 bits per heavy atom. The van der Waals surface area contributed by atoms with Crippen molar-refractivity contribution in [1.29, 1.82) is 0 Å². The number of aromatic nitrogens is 1. The zero-order chi connectivity index (χ0) is 20.2. The van der Waals surface area contributed by atoms with E-state index in [-0.39, 0.29) is 5.91 Å². The number of rotatable bonds is 4. The average Bonchev–Trinajstić information content (AvgIpc) is 2.79. The third-order valence-corrected chi connectivity index (χ3v) is 6.34. The Kier molecular flexibility index (Phi) is 6.02. The normalized spacial score (nSPS) is 20.1. The Morgan fingerprint density at radius 2 is 1.76 bits per heavy atom. The summed E-state index contributed by atoms with van der Waals surface area (Å²) in [6.07, 6.45) is 8.11. The van der Waals surface area contributed by atoms with Crippen LogP contribution in [0.15, 0.2) is 42.7 Å². The van der Waals surface area contributed by atoms with E-state index in [1.807, 2.05) is 12.3 Å². The van der Waals surface area contributed by atoms with E-state index in [0.717, 1.165) is 63.2 Å². The Morgan fingerprint density at radius 1 is 1.00 bits per heavy atom. The monoisotopic (exact) mass is 392 g/mol. The van der Waals surface area contributed by atoms with E-state index in [2.05, 4.69) is 57.8 Å². The number of amides is 1. The lowest BCUT2D eigenvalue weighted by Gasteiger charge is -2.38. The van der Waals surface area contributed by atoms with Gasteiger partial charge in [-0.05, 0) is 56.4 Å². The number of aryl methyl sites for hydroxylation is 1. The van der Waals surface area contributed by atoms with Crippen molar-refractivity contribution >= 4 is 17.3 Å². The van der Waals surface area contributed by atoms with Crippen LogP contribution in [-0.4, -0.2) is 54.6 Å². The molecule has 154 valence electrons. The van der Waals surface area contributed by atoms with E-state index in [4.69, 9.17) is 0 Å². The first-order chi connectivity index (χ1) is 14.2. The van der Waals surface area contributed by atoms with E-state index in [1.165, 1.54) is 17.7 Å². The van der Waals surface area contributed by atoms with Crippen LogP contribution in [0.1, 0.15) is 48.5 Å². The van der Waals surface area contributed by atoms with Crippen LogP contribution in [0, 0.1) is 6.92 Å². The summed E-state index contributed by atoms with van der Waals surface area (Å²) in [6, 6.07) is 11.1. The van der Waals surface area contributed by atoms with Gasteiger partial charge >= 0.3 is 0 Å². The molecule has 2 aromatic rings. The molecule has 3 heterocycles. The van der Waals surface area contributed by atoms with Gasteiger partial charge in [-0.1, -0.05) is 19.1 Å². The van der Waals surface area contributed by atoms with Crippen molar-refractivity contribution in [2.75, 3.05) is 42.5 Å². The predicted molar refractivity (Wildman–Crippen MR) is 119 cm³/mol. The number of carbonyl (C=O) groups excluding carboxylic acids is 1. The topological polar surface area (TPSA) is 39.7 Å². The maximum Gasteiger partial charge on any atom is 0.255 e. The average molecular weight is 393 g/mol. The lowest BCUT2D eigenvalue weighted by Crippen LogP contribution is -2.46. The van der Waals surface area contributed by atoms with Gasteiger partial charge in [0, 0.05) is 50.6 Å². The SMILES string of the molecule is CCC1CCCCN1C(=O)c1cncc(N2CCN(c3cccc(C)c3)CC2)c1. The lowest BCUT2D eigenvalue weighted by atomic mass is 9.99. The van der Waals surface area contributed by atoms with Gasteiger partial charge in [0.15, 0.2) is 0 Å². The smallest absolute Gasteiger partial charge is 0.255 e. The molecule has 1 atom stereocenters. The summed E-state index contributed by atoms with van der Waals surface area (Å²) in [5.41, 5.74) is 4.37. The van der Waals surface area contributed by atoms with Crippen molar-refractivity contribution in [1.82, 2.24) is 9.88 Å². The van der Waals surface area contributed by atoms with Crippen LogP contribution >= 0.6 is 0 Å². The number of piperidine rings is 1. The molecule has 4 rings (SSSR count). The van der Waals surface area contributed by atoms with Gasteiger partial charge in [0.05, 0.1) is 17.4 Å². The standard InChI is InChI=1S/C24H32N4O/c1-3-21-8-4-5-10-28(21)24(29)20-16-23(18-25-17-20)27-13-11-26(12-14-27)22-9-6-7-19(2)15-22/h6-7,9,15-18,21H,3-5,8,10-14H2,1-2H3. The number of hydrogen-bond donors (Lipinski definition) is 0. The van der Waals surface area contributed by atoms with Crippen molar-refractivity contribution in [3.8, 4) is 0 Å². The minimum absolute atomic E-state index is 0.143. The molecule has 5 heteroatoms. The minimum atomic E-state index is 0.143. The lowest BCUT2D eigenvalue weighted by molar-refractivity contribution is 0.0607. The summed E-state index contributed by atoms with van der Waals surface area (Å²) >= 11 is 0. The molecule has 29 heavy (non-hydrogen) atoms. The van der Waals surface area contributed by atoms with Gasteiger partial charge < -0.3 is 14.7 Å². The van der Waals surface area contributed by atoms with Crippen molar-refractivity contribution in [2.24, 2.45) is 0 Å². The highest BCUT2D eigenvalue weighted by atomic mass is 16.2. The van der Waals surface area contributed by atoms with Crippen LogP contribution < -0.4 is 9.80 Å². The molecule has 0 N–H and O–H groups in total. The summed E-state index contributed by atoms with van der Waals surface area (Å²) in [4.78, 5) is 24.4. The molecule has 2 aliphatic rings. The largest absolute Gasteiger partial charge is 0.368 e. The molecule has 1 aromatic heterocycles. The third kappa shape index (κ3) is 4.39. The Balaban J connectivity index is 1.43. The van der Waals surface area contributed by atoms with Crippen LogP contribution in [0.5, 0.6) is 0 Å². The van der Waals surface area contributed by atoms with Crippen LogP contribution in [0.25, 0.3) is 0 Å². The fourth-order valence-corrected chi connectivity index (χ4v) is 4.62. The van der Waals surface area contributed by atoms with Gasteiger partial charge in [0.2, 0.25) is 0 Å². The molecule has 2 fully saturated rings. The summed E-state index contributed by atoms with van der Waals surface area (Å²) in [6.45, 7) is 9.02. The molecule has 1 unspecified atom stereocenters. The van der Waals surface area contributed by atoms with Gasteiger partial charge in [-0.2, -0.15) is 0 Å². The quantitative estimate of drug-likeness (QED) is 0.785. The van der Waals surface area contributed by atoms with Crippen LogP contribution in [0.4, 0.5) is 11.4 Å². The molecular formula is C24H32N4O. The maximum atomic E-state index is 13.1. The third-order valence-electron chi connectivity index (χ3n) is 6.34. The van der Waals surface area contributed by atoms with Gasteiger partial charge in [0.25, 0.3) is 5.91 Å². The number of benzene rings is 1. The Hall–Kier alpha value is -2.56. The zero-order valence-electron chi connectivity index (χ0n) is 17.7. The van der Waals surface area contributed by atoms with E-state index in [9.17, 15) is 4.79 Å². The van der Waals surface area contributed by atoms with Crippen molar-refractivity contribution in [3.05, 3.63) is 53.9 Å². The number of hydrogen-bond acceptors (Lipinski definition) is 4. The molecule has 2 saturated heterocycles. The Bertz CT molecular complexity index is 844. The first-order valence-electron chi connectivity index (χ1n) is 11.0. The predicted octanol–water partition coefficient (Wildman–Crippen LogP) is 4.12. The fraction of sp³-hybridized carbons (Fsp3) is 0.500. The molecule has 0 saturated carbocycles. The molecule has 2 aliphatic heterocycles. The van der Waals surface area contributed by atoms with Crippen molar-refractivity contribution in [2.45, 2.75) is 45.6 Å². The molecule has 0 bridgehead atoms. The number of anilines is 2. The molecule has 0 aliphatic carbocycles. The summed E-state index contributed by atoms with van der Waals surface area (Å²) < 4.78 is 0. The van der Waals surface area contributed by atoms with Crippen LogP contribution in [-0.2, 0) is 0 Å². The van der Waals surface area contributed by atoms with Crippen LogP contribution in [0.2, 0.25) is 0 Å². The van der Waals surface area contributed by atoms with E-state index in [0.29, 0.717) is 6.04 Å². The van der Waals surface area contributed by atoms with E-state index < -0.39 is 0 Å². The van der Waals surface area contributed by atoms with Crippen molar-refractivity contribution in [3.63, 3.8) is 0 Å². The highest BCUT2D eigenvalue weighted by Gasteiger charge is 2.27. The molecule has 1 aromatic carbocycles. The maximum absolute atomic E-state index is 13.1. The number of pyridine rings is 1. The number of piperazine rings is 1. The number of likely N-dealkylation sites (tertiary alicyclic amines) is 1. The summed E-state index contributed by atoms with van der Waals surface area (Å²) in [5.74, 6) is 0.143. The van der Waals surface area contributed by atoms with E-state index in [1.54, 1.807) is 6.20 Å². The molecular weight excluding hydrogens is 360 g/mol. The van der Waals surface area contributed by atoms with E-state index >= 15 is 0 Å². The fourth-order valence-electron chi connectivity index (χ4n) is 4.62. The summed E-state index contributed by atoms with van der Waals surface area (Å²) in [5, 5.41) is 0. The molecule has 0 spiro atoms. The highest BCUT2D eigenvalue weighted by molar-refractivity contribution is 5.95. The van der Waals surface area contributed by atoms with Gasteiger partial charge in [0.1, 0.15) is 0 Å². The molecule has 5 nitrogen and oxygen atoms in total. The van der Waals surface area contributed by atoms with Crippen LogP contribution in [0.3, 0.4) is 0 Å². The van der Waals surface area contributed by atoms with Gasteiger partial charge in [-0.25, -0.2) is 0 Å². The minimum Gasteiger partial charge on any atom is -0.368 e. The van der Waals surface area contributed by atoms with Crippen molar-refractivity contribution < 1.29 is 4.79 Å². The number of nitrogens with zero attached hydrogens (tertiary/aromatic N) is 4. The van der Waals surface area contributed by atoms with Gasteiger partial charge in [-0.3, -0.25) is 9.78 Å². The first kappa shape index (κ1) is 19.7. The Labute approximate surface area is 174 Å².